The minimum atomic E-state index is -0.616. The summed E-state index contributed by atoms with van der Waals surface area (Å²) in [6, 6.07) is 14.4. The number of fused-ring (bicyclic) bond motifs is 2. The first-order valence-electron chi connectivity index (χ1n) is 9.68. The second-order valence-corrected chi connectivity index (χ2v) is 7.09. The van der Waals surface area contributed by atoms with Crippen molar-refractivity contribution in [2.45, 2.75) is 6.42 Å². The van der Waals surface area contributed by atoms with Crippen LogP contribution >= 0.6 is 24.8 Å². The fraction of sp³-hybridized carbons (Fsp3) is 0.0870. The highest BCUT2D eigenvalue weighted by atomic mass is 35.5. The van der Waals surface area contributed by atoms with E-state index < -0.39 is 11.7 Å². The van der Waals surface area contributed by atoms with Crippen molar-refractivity contribution in [1.82, 2.24) is 29.9 Å². The maximum absolute atomic E-state index is 14.4. The van der Waals surface area contributed by atoms with Crippen molar-refractivity contribution in [2.24, 2.45) is 0 Å². The molecule has 5 aromatic rings. The van der Waals surface area contributed by atoms with Gasteiger partial charge in [-0.2, -0.15) is 5.10 Å². The van der Waals surface area contributed by atoms with Crippen molar-refractivity contribution < 1.29 is 9.18 Å². The lowest BCUT2D eigenvalue weighted by Crippen LogP contribution is -2.19. The fourth-order valence-electron chi connectivity index (χ4n) is 3.51. The van der Waals surface area contributed by atoms with Crippen LogP contribution in [-0.4, -0.2) is 37.5 Å². The van der Waals surface area contributed by atoms with Gasteiger partial charge in [-0.25, -0.2) is 18.9 Å². The Kier molecular flexibility index (Phi) is 7.20. The number of carbonyl (C=O) groups is 1. The van der Waals surface area contributed by atoms with E-state index in [1.165, 1.54) is 19.2 Å². The molecule has 0 fully saturated rings. The normalized spacial score (nSPS) is 10.5. The van der Waals surface area contributed by atoms with E-state index in [9.17, 15) is 9.18 Å². The summed E-state index contributed by atoms with van der Waals surface area (Å²) in [5.74, 6) is -0.633. The zero-order chi connectivity index (χ0) is 21.4. The van der Waals surface area contributed by atoms with E-state index in [2.05, 4.69) is 31.4 Å². The molecule has 3 aromatic heterocycles. The number of benzene rings is 2. The molecule has 0 aliphatic rings. The van der Waals surface area contributed by atoms with Gasteiger partial charge in [-0.3, -0.25) is 9.78 Å². The largest absolute Gasteiger partial charge is 0.355 e. The number of nitrogens with zero attached hydrogens (tertiary/aromatic N) is 5. The number of hydrogen-bond donors (Lipinski definition) is 1. The molecule has 5 rings (SSSR count). The number of carbonyl (C=O) groups excluding carboxylic acids is 1. The highest BCUT2D eigenvalue weighted by molar-refractivity contribution is 5.94. The Morgan fingerprint density at radius 2 is 1.85 bits per heavy atom. The molecule has 0 bridgehead atoms. The van der Waals surface area contributed by atoms with Crippen molar-refractivity contribution in [2.75, 3.05) is 7.05 Å². The summed E-state index contributed by atoms with van der Waals surface area (Å²) in [5, 5.41) is 8.09. The third kappa shape index (κ3) is 4.62. The van der Waals surface area contributed by atoms with Crippen LogP contribution in [0.25, 0.3) is 27.9 Å². The maximum atomic E-state index is 14.4. The average molecular weight is 485 g/mol. The topological polar surface area (TPSA) is 85.1 Å². The van der Waals surface area contributed by atoms with Gasteiger partial charge >= 0.3 is 0 Å². The van der Waals surface area contributed by atoms with Gasteiger partial charge < -0.3 is 5.32 Å². The zero-order valence-corrected chi connectivity index (χ0v) is 19.0. The summed E-state index contributed by atoms with van der Waals surface area (Å²) in [6.07, 6.45) is 5.66. The molecule has 0 saturated carbocycles. The Bertz CT molecular complexity index is 1460. The van der Waals surface area contributed by atoms with E-state index in [0.717, 1.165) is 22.2 Å². The van der Waals surface area contributed by atoms with Crippen molar-refractivity contribution in [3.05, 3.63) is 89.8 Å². The van der Waals surface area contributed by atoms with E-state index >= 15 is 0 Å². The van der Waals surface area contributed by atoms with Crippen LogP contribution in [0.2, 0.25) is 0 Å². The standard InChI is InChI=1S/C23H17FN6O.2ClH/c1-25-22(31)18-6-5-16(11-19(18)24)21-13-28-23-27-12-17(30(23)29-21)10-14-4-7-20-15(9-14)3-2-8-26-20;;/h2-9,11-13H,10H2,1H3,(H,25,31);2*1H. The molecule has 33 heavy (non-hydrogen) atoms. The van der Waals surface area contributed by atoms with Crippen LogP contribution < -0.4 is 5.32 Å². The third-order valence-corrected chi connectivity index (χ3v) is 5.09. The first-order valence-corrected chi connectivity index (χ1v) is 9.68. The highest BCUT2D eigenvalue weighted by Crippen LogP contribution is 2.21. The molecule has 0 saturated heterocycles. The lowest BCUT2D eigenvalue weighted by atomic mass is 10.1. The Labute approximate surface area is 200 Å². The molecule has 0 atom stereocenters. The molecule has 0 aliphatic heterocycles. The van der Waals surface area contributed by atoms with Gasteiger partial charge in [0.25, 0.3) is 11.7 Å². The number of aromatic nitrogens is 5. The van der Waals surface area contributed by atoms with Crippen LogP contribution in [-0.2, 0) is 6.42 Å². The minimum Gasteiger partial charge on any atom is -0.355 e. The number of pyridine rings is 1. The summed E-state index contributed by atoms with van der Waals surface area (Å²) in [4.78, 5) is 24.8. The van der Waals surface area contributed by atoms with Crippen LogP contribution in [0, 0.1) is 5.82 Å². The molecule has 168 valence electrons. The van der Waals surface area contributed by atoms with E-state index in [0.29, 0.717) is 23.5 Å². The van der Waals surface area contributed by atoms with Crippen LogP contribution in [0.5, 0.6) is 0 Å². The van der Waals surface area contributed by atoms with Crippen LogP contribution in [0.4, 0.5) is 4.39 Å². The lowest BCUT2D eigenvalue weighted by Gasteiger charge is -2.07. The smallest absolute Gasteiger partial charge is 0.253 e. The van der Waals surface area contributed by atoms with E-state index in [-0.39, 0.29) is 30.4 Å². The van der Waals surface area contributed by atoms with Gasteiger partial charge in [0.05, 0.1) is 29.2 Å². The van der Waals surface area contributed by atoms with Crippen LogP contribution in [0.15, 0.2) is 67.1 Å². The Balaban J connectivity index is 0.00000153. The molecule has 0 radical (unpaired) electrons. The van der Waals surface area contributed by atoms with Gasteiger partial charge in [0, 0.05) is 30.6 Å². The number of amides is 1. The van der Waals surface area contributed by atoms with E-state index in [4.69, 9.17) is 0 Å². The summed E-state index contributed by atoms with van der Waals surface area (Å²) < 4.78 is 16.0. The van der Waals surface area contributed by atoms with Crippen molar-refractivity contribution in [3.63, 3.8) is 0 Å². The molecule has 0 unspecified atom stereocenters. The third-order valence-electron chi connectivity index (χ3n) is 5.09. The molecule has 2 aromatic carbocycles. The Morgan fingerprint density at radius 3 is 2.64 bits per heavy atom. The summed E-state index contributed by atoms with van der Waals surface area (Å²) in [5.41, 5.74) is 3.88. The maximum Gasteiger partial charge on any atom is 0.253 e. The lowest BCUT2D eigenvalue weighted by molar-refractivity contribution is 0.0959. The number of rotatable bonds is 4. The zero-order valence-electron chi connectivity index (χ0n) is 17.4. The van der Waals surface area contributed by atoms with Crippen molar-refractivity contribution >= 4 is 47.4 Å². The Morgan fingerprint density at radius 1 is 1.03 bits per heavy atom. The second-order valence-electron chi connectivity index (χ2n) is 7.09. The molecule has 10 heteroatoms. The summed E-state index contributed by atoms with van der Waals surface area (Å²) in [7, 11) is 1.46. The number of nitrogens with one attached hydrogen (secondary N) is 1. The van der Waals surface area contributed by atoms with Crippen molar-refractivity contribution in [3.8, 4) is 11.3 Å². The van der Waals surface area contributed by atoms with Gasteiger partial charge in [-0.15, -0.1) is 24.8 Å². The molecular weight excluding hydrogens is 466 g/mol. The monoisotopic (exact) mass is 484 g/mol. The molecular formula is C23H19Cl2FN6O. The predicted molar refractivity (Wildman–Crippen MR) is 129 cm³/mol. The Hall–Kier alpha value is -3.62. The van der Waals surface area contributed by atoms with Crippen molar-refractivity contribution in [1.29, 1.82) is 0 Å². The summed E-state index contributed by atoms with van der Waals surface area (Å²) >= 11 is 0. The number of imidazole rings is 1. The fourth-order valence-corrected chi connectivity index (χ4v) is 3.51. The average Bonchev–Trinajstić information content (AvgIpc) is 3.20. The SMILES string of the molecule is CNC(=O)c1ccc(-c2cnc3ncc(Cc4ccc5ncccc5c4)n3n2)cc1F.Cl.Cl. The predicted octanol–water partition coefficient (Wildman–Crippen LogP) is 4.27. The van der Waals surface area contributed by atoms with Gasteiger partial charge in [-0.05, 0) is 35.9 Å². The molecule has 3 heterocycles. The first kappa shape index (κ1) is 24.0. The number of hydrogen-bond acceptors (Lipinski definition) is 5. The van der Waals surface area contributed by atoms with Crippen LogP contribution in [0.1, 0.15) is 21.6 Å². The molecule has 0 aliphatic carbocycles. The second kappa shape index (κ2) is 9.89. The van der Waals surface area contributed by atoms with Gasteiger partial charge in [0.15, 0.2) is 0 Å². The first-order chi connectivity index (χ1) is 15.1. The summed E-state index contributed by atoms with van der Waals surface area (Å²) in [6.45, 7) is 0. The molecule has 1 N–H and O–H groups in total. The quantitative estimate of drug-likeness (QED) is 0.411. The highest BCUT2D eigenvalue weighted by Gasteiger charge is 2.14. The van der Waals surface area contributed by atoms with Crippen LogP contribution in [0.3, 0.4) is 0 Å². The number of halogens is 3. The van der Waals surface area contributed by atoms with E-state index in [1.807, 2.05) is 24.3 Å². The molecule has 1 amide bonds. The minimum absolute atomic E-state index is 0. The van der Waals surface area contributed by atoms with Gasteiger partial charge in [0.2, 0.25) is 0 Å². The van der Waals surface area contributed by atoms with Gasteiger partial charge in [0.1, 0.15) is 11.5 Å². The van der Waals surface area contributed by atoms with E-state index in [1.54, 1.807) is 29.2 Å². The van der Waals surface area contributed by atoms with Gasteiger partial charge in [-0.1, -0.05) is 18.2 Å². The molecule has 7 nitrogen and oxygen atoms in total. The molecule has 0 spiro atoms.